The molecule has 0 amide bonds. The maximum Gasteiger partial charge on any atom is 0.343 e. The Labute approximate surface area is 160 Å². The third-order valence-electron chi connectivity index (χ3n) is 3.91. The van der Waals surface area contributed by atoms with Gasteiger partial charge in [0.05, 0.1) is 12.2 Å². The average molecular weight is 370 g/mol. The molecular formula is C22H26O5. The van der Waals surface area contributed by atoms with Crippen molar-refractivity contribution >= 4 is 11.9 Å². The number of unbranched alkanes of at least 4 members (excludes halogenated alkanes) is 3. The smallest absolute Gasteiger partial charge is 0.343 e. The van der Waals surface area contributed by atoms with E-state index in [2.05, 4.69) is 6.92 Å². The SMILES string of the molecule is CCCCCCOc1ccc(OC(=O)c2ccc(OC(=O)CC)cc2)cc1. The van der Waals surface area contributed by atoms with Crippen molar-refractivity contribution in [1.82, 2.24) is 0 Å². The van der Waals surface area contributed by atoms with Crippen LogP contribution in [0.1, 0.15) is 56.3 Å². The fraction of sp³-hybridized carbons (Fsp3) is 0.364. The fourth-order valence-electron chi connectivity index (χ4n) is 2.35. The summed E-state index contributed by atoms with van der Waals surface area (Å²) in [7, 11) is 0. The molecule has 0 radical (unpaired) electrons. The van der Waals surface area contributed by atoms with Crippen molar-refractivity contribution in [3.8, 4) is 17.2 Å². The van der Waals surface area contributed by atoms with Gasteiger partial charge in [-0.1, -0.05) is 33.1 Å². The predicted octanol–water partition coefficient (Wildman–Crippen LogP) is 5.18. The highest BCUT2D eigenvalue weighted by molar-refractivity contribution is 5.91. The molecule has 2 aromatic carbocycles. The highest BCUT2D eigenvalue weighted by Crippen LogP contribution is 2.20. The summed E-state index contributed by atoms with van der Waals surface area (Å²) >= 11 is 0. The van der Waals surface area contributed by atoms with Gasteiger partial charge in [0.25, 0.3) is 0 Å². The highest BCUT2D eigenvalue weighted by atomic mass is 16.5. The molecule has 0 aliphatic heterocycles. The minimum absolute atomic E-state index is 0.294. The summed E-state index contributed by atoms with van der Waals surface area (Å²) in [6.07, 6.45) is 4.92. The minimum Gasteiger partial charge on any atom is -0.494 e. The number of esters is 2. The van der Waals surface area contributed by atoms with Gasteiger partial charge in [-0.25, -0.2) is 4.79 Å². The lowest BCUT2D eigenvalue weighted by Gasteiger charge is -2.08. The number of rotatable bonds is 10. The Hall–Kier alpha value is -2.82. The molecule has 0 aromatic heterocycles. The van der Waals surface area contributed by atoms with Crippen LogP contribution < -0.4 is 14.2 Å². The number of carbonyl (C=O) groups excluding carboxylic acids is 2. The van der Waals surface area contributed by atoms with Crippen LogP contribution >= 0.6 is 0 Å². The quantitative estimate of drug-likeness (QED) is 0.328. The second-order valence-corrected chi connectivity index (χ2v) is 6.12. The van der Waals surface area contributed by atoms with E-state index in [1.165, 1.54) is 19.3 Å². The Morgan fingerprint density at radius 3 is 1.96 bits per heavy atom. The Morgan fingerprint density at radius 2 is 1.33 bits per heavy atom. The first-order valence-corrected chi connectivity index (χ1v) is 9.38. The van der Waals surface area contributed by atoms with Gasteiger partial charge in [0, 0.05) is 6.42 Å². The molecule has 0 fully saturated rings. The first kappa shape index (κ1) is 20.5. The Bertz CT molecular complexity index is 719. The molecule has 0 N–H and O–H groups in total. The molecule has 2 rings (SSSR count). The van der Waals surface area contributed by atoms with Gasteiger partial charge >= 0.3 is 11.9 Å². The number of hydrogen-bond donors (Lipinski definition) is 0. The van der Waals surface area contributed by atoms with Crippen molar-refractivity contribution in [2.75, 3.05) is 6.61 Å². The fourth-order valence-corrected chi connectivity index (χ4v) is 2.35. The standard InChI is InChI=1S/C22H26O5/c1-3-5-6-7-16-25-18-12-14-20(15-13-18)27-22(24)17-8-10-19(11-9-17)26-21(23)4-2/h8-15H,3-7,16H2,1-2H3. The lowest BCUT2D eigenvalue weighted by molar-refractivity contribution is -0.134. The van der Waals surface area contributed by atoms with Gasteiger partial charge in [-0.15, -0.1) is 0 Å². The molecule has 0 saturated carbocycles. The monoisotopic (exact) mass is 370 g/mol. The number of hydrogen-bond acceptors (Lipinski definition) is 5. The van der Waals surface area contributed by atoms with Crippen LogP contribution in [0, 0.1) is 0 Å². The first-order valence-electron chi connectivity index (χ1n) is 9.38. The van der Waals surface area contributed by atoms with E-state index in [4.69, 9.17) is 14.2 Å². The summed E-state index contributed by atoms with van der Waals surface area (Å²) in [5, 5.41) is 0. The highest BCUT2D eigenvalue weighted by Gasteiger charge is 2.10. The van der Waals surface area contributed by atoms with Crippen molar-refractivity contribution in [2.24, 2.45) is 0 Å². The van der Waals surface area contributed by atoms with E-state index in [0.717, 1.165) is 12.2 Å². The summed E-state index contributed by atoms with van der Waals surface area (Å²) in [5.74, 6) is 0.807. The average Bonchev–Trinajstić information content (AvgIpc) is 2.69. The van der Waals surface area contributed by atoms with Gasteiger partial charge in [0.2, 0.25) is 0 Å². The van der Waals surface area contributed by atoms with E-state index in [9.17, 15) is 9.59 Å². The van der Waals surface area contributed by atoms with Crippen molar-refractivity contribution in [1.29, 1.82) is 0 Å². The van der Waals surface area contributed by atoms with Gasteiger partial charge in [-0.05, 0) is 55.0 Å². The molecule has 0 atom stereocenters. The molecule has 27 heavy (non-hydrogen) atoms. The van der Waals surface area contributed by atoms with Crippen molar-refractivity contribution < 1.29 is 23.8 Å². The molecule has 0 bridgehead atoms. The van der Waals surface area contributed by atoms with Crippen LogP contribution in [0.2, 0.25) is 0 Å². The second-order valence-electron chi connectivity index (χ2n) is 6.12. The molecular weight excluding hydrogens is 344 g/mol. The lowest BCUT2D eigenvalue weighted by atomic mass is 10.2. The summed E-state index contributed by atoms with van der Waals surface area (Å²) in [6.45, 7) is 4.58. The molecule has 2 aromatic rings. The molecule has 0 heterocycles. The summed E-state index contributed by atoms with van der Waals surface area (Å²) in [6, 6.07) is 13.3. The molecule has 0 aliphatic rings. The zero-order chi connectivity index (χ0) is 19.5. The first-order chi connectivity index (χ1) is 13.1. The number of carbonyl (C=O) groups is 2. The van der Waals surface area contributed by atoms with Crippen molar-refractivity contribution in [3.05, 3.63) is 54.1 Å². The lowest BCUT2D eigenvalue weighted by Crippen LogP contribution is -2.09. The van der Waals surface area contributed by atoms with Crippen LogP contribution in [-0.4, -0.2) is 18.5 Å². The van der Waals surface area contributed by atoms with Crippen LogP contribution in [-0.2, 0) is 4.79 Å². The normalized spacial score (nSPS) is 10.3. The molecule has 5 heteroatoms. The van der Waals surface area contributed by atoms with Gasteiger partial charge in [-0.3, -0.25) is 4.79 Å². The second kappa shape index (κ2) is 11.0. The number of benzene rings is 2. The maximum atomic E-state index is 12.2. The van der Waals surface area contributed by atoms with Crippen LogP contribution in [0.5, 0.6) is 17.2 Å². The minimum atomic E-state index is -0.475. The van der Waals surface area contributed by atoms with Crippen LogP contribution in [0.4, 0.5) is 0 Å². The topological polar surface area (TPSA) is 61.8 Å². The van der Waals surface area contributed by atoms with Crippen molar-refractivity contribution in [3.63, 3.8) is 0 Å². The van der Waals surface area contributed by atoms with Crippen LogP contribution in [0.15, 0.2) is 48.5 Å². The zero-order valence-electron chi connectivity index (χ0n) is 15.9. The molecule has 0 spiro atoms. The summed E-state index contributed by atoms with van der Waals surface area (Å²) in [4.78, 5) is 23.5. The molecule has 5 nitrogen and oxygen atoms in total. The van der Waals surface area contributed by atoms with Gasteiger partial charge in [0.15, 0.2) is 0 Å². The predicted molar refractivity (Wildman–Crippen MR) is 103 cm³/mol. The largest absolute Gasteiger partial charge is 0.494 e. The van der Waals surface area contributed by atoms with E-state index < -0.39 is 5.97 Å². The van der Waals surface area contributed by atoms with E-state index in [1.54, 1.807) is 55.5 Å². The number of ether oxygens (including phenoxy) is 3. The van der Waals surface area contributed by atoms with Gasteiger partial charge < -0.3 is 14.2 Å². The third kappa shape index (κ3) is 7.13. The Morgan fingerprint density at radius 1 is 0.741 bits per heavy atom. The molecule has 0 aliphatic carbocycles. The van der Waals surface area contributed by atoms with Gasteiger partial charge in [0.1, 0.15) is 17.2 Å². The van der Waals surface area contributed by atoms with E-state index in [0.29, 0.717) is 30.1 Å². The zero-order valence-corrected chi connectivity index (χ0v) is 15.9. The van der Waals surface area contributed by atoms with E-state index in [-0.39, 0.29) is 5.97 Å². The molecule has 0 saturated heterocycles. The third-order valence-corrected chi connectivity index (χ3v) is 3.91. The maximum absolute atomic E-state index is 12.2. The Balaban J connectivity index is 1.83. The van der Waals surface area contributed by atoms with Crippen molar-refractivity contribution in [2.45, 2.75) is 46.0 Å². The Kier molecular flexibility index (Phi) is 8.36. The van der Waals surface area contributed by atoms with Crippen LogP contribution in [0.25, 0.3) is 0 Å². The molecule has 144 valence electrons. The van der Waals surface area contributed by atoms with Crippen LogP contribution in [0.3, 0.4) is 0 Å². The summed E-state index contributed by atoms with van der Waals surface area (Å²) < 4.78 is 16.1. The van der Waals surface area contributed by atoms with E-state index >= 15 is 0 Å². The summed E-state index contributed by atoms with van der Waals surface area (Å²) in [5.41, 5.74) is 0.377. The molecule has 0 unspecified atom stereocenters. The van der Waals surface area contributed by atoms with Gasteiger partial charge in [-0.2, -0.15) is 0 Å². The van der Waals surface area contributed by atoms with E-state index in [1.807, 2.05) is 0 Å².